The summed E-state index contributed by atoms with van der Waals surface area (Å²) in [7, 11) is 1.95. The van der Waals surface area contributed by atoms with Crippen molar-refractivity contribution >= 4 is 11.8 Å². The van der Waals surface area contributed by atoms with Gasteiger partial charge in [-0.25, -0.2) is 0 Å². The summed E-state index contributed by atoms with van der Waals surface area (Å²) in [4.78, 5) is 1.26. The summed E-state index contributed by atoms with van der Waals surface area (Å²) >= 11 is 1.87. The largest absolute Gasteiger partial charge is 0.316 e. The quantitative estimate of drug-likeness (QED) is 0.571. The van der Waals surface area contributed by atoms with Crippen molar-refractivity contribution in [2.45, 2.75) is 17.7 Å². The van der Waals surface area contributed by atoms with E-state index in [1.807, 2.05) is 29.7 Å². The third-order valence-corrected chi connectivity index (χ3v) is 3.31. The molecule has 3 nitrogen and oxygen atoms in total. The molecule has 0 amide bonds. The number of nitrogens with zero attached hydrogens (tertiary/aromatic N) is 2. The Kier molecular flexibility index (Phi) is 3.48. The first-order valence-electron chi connectivity index (χ1n) is 5.17. The predicted octanol–water partition coefficient (Wildman–Crippen LogP) is 1.51. The average Bonchev–Trinajstić information content (AvgIpc) is 2.89. The van der Waals surface area contributed by atoms with Crippen LogP contribution in [0.25, 0.3) is 0 Å². The number of hydrogen-bond donors (Lipinski definition) is 1. The highest BCUT2D eigenvalue weighted by atomic mass is 32.2. The van der Waals surface area contributed by atoms with Crippen molar-refractivity contribution in [1.29, 1.82) is 0 Å². The number of rotatable bonds is 6. The SMILES string of the molecule is Cn1cc(SCCNCC2CC2)cn1. The Morgan fingerprint density at radius 1 is 1.64 bits per heavy atom. The van der Waals surface area contributed by atoms with E-state index in [9.17, 15) is 0 Å². The van der Waals surface area contributed by atoms with Crippen LogP contribution in [0.15, 0.2) is 17.3 Å². The lowest BCUT2D eigenvalue weighted by molar-refractivity contribution is 0.666. The number of hydrogen-bond acceptors (Lipinski definition) is 3. The molecule has 0 radical (unpaired) electrons. The van der Waals surface area contributed by atoms with E-state index in [4.69, 9.17) is 0 Å². The van der Waals surface area contributed by atoms with Crippen molar-refractivity contribution in [3.05, 3.63) is 12.4 Å². The topological polar surface area (TPSA) is 29.9 Å². The smallest absolute Gasteiger partial charge is 0.0625 e. The standard InChI is InChI=1S/C10H17N3S/c1-13-8-10(7-12-13)14-5-4-11-6-9-2-3-9/h7-9,11H,2-6H2,1H3. The van der Waals surface area contributed by atoms with Crippen molar-refractivity contribution in [3.63, 3.8) is 0 Å². The van der Waals surface area contributed by atoms with Crippen molar-refractivity contribution < 1.29 is 0 Å². The van der Waals surface area contributed by atoms with Crippen LogP contribution < -0.4 is 5.32 Å². The van der Waals surface area contributed by atoms with E-state index < -0.39 is 0 Å². The first-order chi connectivity index (χ1) is 6.84. The highest BCUT2D eigenvalue weighted by molar-refractivity contribution is 7.99. The number of aromatic nitrogens is 2. The highest BCUT2D eigenvalue weighted by Crippen LogP contribution is 2.27. The maximum absolute atomic E-state index is 4.13. The Morgan fingerprint density at radius 2 is 2.50 bits per heavy atom. The number of nitrogens with one attached hydrogen (secondary N) is 1. The van der Waals surface area contributed by atoms with Crippen LogP contribution in [0.3, 0.4) is 0 Å². The van der Waals surface area contributed by atoms with Gasteiger partial charge in [-0.05, 0) is 25.3 Å². The molecule has 1 aromatic rings. The van der Waals surface area contributed by atoms with Crippen LogP contribution in [-0.2, 0) is 7.05 Å². The van der Waals surface area contributed by atoms with Gasteiger partial charge in [-0.1, -0.05) is 0 Å². The fraction of sp³-hybridized carbons (Fsp3) is 0.700. The minimum Gasteiger partial charge on any atom is -0.316 e. The van der Waals surface area contributed by atoms with E-state index >= 15 is 0 Å². The van der Waals surface area contributed by atoms with Crippen LogP contribution >= 0.6 is 11.8 Å². The minimum absolute atomic E-state index is 0.985. The second kappa shape index (κ2) is 4.84. The molecule has 0 aliphatic heterocycles. The van der Waals surface area contributed by atoms with Gasteiger partial charge in [0.2, 0.25) is 0 Å². The van der Waals surface area contributed by atoms with Gasteiger partial charge in [0.05, 0.1) is 6.20 Å². The molecule has 78 valence electrons. The van der Waals surface area contributed by atoms with Gasteiger partial charge in [-0.15, -0.1) is 11.8 Å². The number of thioether (sulfide) groups is 1. The maximum atomic E-state index is 4.13. The zero-order valence-corrected chi connectivity index (χ0v) is 9.39. The van der Waals surface area contributed by atoms with Crippen LogP contribution in [0.2, 0.25) is 0 Å². The Hall–Kier alpha value is -0.480. The molecule has 0 atom stereocenters. The third-order valence-electron chi connectivity index (χ3n) is 2.36. The summed E-state index contributed by atoms with van der Waals surface area (Å²) in [5.41, 5.74) is 0. The highest BCUT2D eigenvalue weighted by Gasteiger charge is 2.19. The summed E-state index contributed by atoms with van der Waals surface area (Å²) in [6.07, 6.45) is 6.85. The molecule has 2 rings (SSSR count). The van der Waals surface area contributed by atoms with E-state index in [-0.39, 0.29) is 0 Å². The van der Waals surface area contributed by atoms with Crippen molar-refractivity contribution in [2.75, 3.05) is 18.8 Å². The Labute approximate surface area is 89.3 Å². The van der Waals surface area contributed by atoms with Crippen LogP contribution in [0.5, 0.6) is 0 Å². The lowest BCUT2D eigenvalue weighted by atomic mass is 10.4. The summed E-state index contributed by atoms with van der Waals surface area (Å²) in [6, 6.07) is 0. The molecule has 1 heterocycles. The van der Waals surface area contributed by atoms with Crippen LogP contribution in [0, 0.1) is 5.92 Å². The summed E-state index contributed by atoms with van der Waals surface area (Å²) in [6.45, 7) is 2.32. The van der Waals surface area contributed by atoms with E-state index in [2.05, 4.69) is 16.6 Å². The molecule has 1 aliphatic carbocycles. The first kappa shape index (κ1) is 10.1. The zero-order chi connectivity index (χ0) is 9.80. The molecule has 0 saturated heterocycles. The summed E-state index contributed by atoms with van der Waals surface area (Å²) < 4.78 is 1.85. The van der Waals surface area contributed by atoms with Gasteiger partial charge in [-0.2, -0.15) is 5.10 Å². The molecule has 14 heavy (non-hydrogen) atoms. The zero-order valence-electron chi connectivity index (χ0n) is 8.57. The van der Waals surface area contributed by atoms with Gasteiger partial charge in [0, 0.05) is 30.4 Å². The summed E-state index contributed by atoms with van der Waals surface area (Å²) in [5.74, 6) is 2.12. The Bertz CT molecular complexity index is 281. The van der Waals surface area contributed by atoms with Crippen LogP contribution in [-0.4, -0.2) is 28.6 Å². The molecule has 1 aliphatic rings. The first-order valence-corrected chi connectivity index (χ1v) is 6.15. The predicted molar refractivity (Wildman–Crippen MR) is 59.5 cm³/mol. The van der Waals surface area contributed by atoms with E-state index in [1.165, 1.54) is 24.3 Å². The fourth-order valence-electron chi connectivity index (χ4n) is 1.34. The van der Waals surface area contributed by atoms with Gasteiger partial charge in [-0.3, -0.25) is 4.68 Å². The summed E-state index contributed by atoms with van der Waals surface area (Å²) in [5, 5.41) is 7.61. The molecule has 1 N–H and O–H groups in total. The molecule has 0 unspecified atom stereocenters. The van der Waals surface area contributed by atoms with E-state index in [0.717, 1.165) is 18.2 Å². The maximum Gasteiger partial charge on any atom is 0.0625 e. The fourth-order valence-corrected chi connectivity index (χ4v) is 2.17. The molecule has 0 aromatic carbocycles. The van der Waals surface area contributed by atoms with E-state index in [1.54, 1.807) is 0 Å². The second-order valence-corrected chi connectivity index (χ2v) is 5.01. The van der Waals surface area contributed by atoms with Gasteiger partial charge in [0.1, 0.15) is 0 Å². The monoisotopic (exact) mass is 211 g/mol. The van der Waals surface area contributed by atoms with Crippen molar-refractivity contribution in [2.24, 2.45) is 13.0 Å². The lowest BCUT2D eigenvalue weighted by Crippen LogP contribution is -2.19. The molecular formula is C10H17N3S. The molecule has 1 saturated carbocycles. The van der Waals surface area contributed by atoms with Crippen LogP contribution in [0.1, 0.15) is 12.8 Å². The average molecular weight is 211 g/mol. The van der Waals surface area contributed by atoms with Gasteiger partial charge < -0.3 is 5.32 Å². The van der Waals surface area contributed by atoms with Crippen molar-refractivity contribution in [1.82, 2.24) is 15.1 Å². The Balaban J connectivity index is 1.53. The van der Waals surface area contributed by atoms with Gasteiger partial charge >= 0.3 is 0 Å². The third kappa shape index (κ3) is 3.35. The Morgan fingerprint density at radius 3 is 3.14 bits per heavy atom. The molecule has 0 spiro atoms. The molecule has 1 aromatic heterocycles. The second-order valence-electron chi connectivity index (χ2n) is 3.85. The van der Waals surface area contributed by atoms with Gasteiger partial charge in [0.25, 0.3) is 0 Å². The number of aryl methyl sites for hydroxylation is 1. The molecule has 4 heteroatoms. The lowest BCUT2D eigenvalue weighted by Gasteiger charge is -2.01. The molecule has 0 bridgehead atoms. The molecule has 1 fully saturated rings. The normalized spacial score (nSPS) is 16.1. The van der Waals surface area contributed by atoms with Gasteiger partial charge in [0.15, 0.2) is 0 Å². The van der Waals surface area contributed by atoms with Crippen LogP contribution in [0.4, 0.5) is 0 Å². The van der Waals surface area contributed by atoms with Crippen molar-refractivity contribution in [3.8, 4) is 0 Å². The minimum atomic E-state index is 0.985. The molecular weight excluding hydrogens is 194 g/mol. The van der Waals surface area contributed by atoms with E-state index in [0.29, 0.717) is 0 Å².